The molecule has 50 heavy (non-hydrogen) atoms. The number of ether oxygens (including phenoxy) is 6. The van der Waals surface area contributed by atoms with Crippen LogP contribution in [0.4, 0.5) is 0 Å². The van der Waals surface area contributed by atoms with E-state index >= 15 is 0 Å². The number of hydrogen-bond acceptors (Lipinski definition) is 8. The molecule has 0 atom stereocenters. The second-order valence-corrected chi connectivity index (χ2v) is 12.2. The summed E-state index contributed by atoms with van der Waals surface area (Å²) < 4.78 is 31.5. The first-order chi connectivity index (χ1) is 23.9. The minimum Gasteiger partial charge on any atom is -0.493 e. The molecule has 0 unspecified atom stereocenters. The van der Waals surface area contributed by atoms with Gasteiger partial charge >= 0.3 is 11.9 Å². The first kappa shape index (κ1) is 43.5. The van der Waals surface area contributed by atoms with Crippen molar-refractivity contribution < 1.29 is 43.1 Å². The van der Waals surface area contributed by atoms with Crippen molar-refractivity contribution in [3.05, 3.63) is 94.1 Å². The predicted molar refractivity (Wildman–Crippen MR) is 200 cm³/mol. The molecule has 1 N–H and O–H groups in total. The first-order valence-electron chi connectivity index (χ1n) is 17.0. The van der Waals surface area contributed by atoms with Crippen LogP contribution in [0.3, 0.4) is 0 Å². The summed E-state index contributed by atoms with van der Waals surface area (Å²) in [6, 6.07) is 9.56. The van der Waals surface area contributed by atoms with Crippen molar-refractivity contribution in [2.24, 2.45) is 0 Å². The number of esters is 1. The summed E-state index contributed by atoms with van der Waals surface area (Å²) >= 11 is 0. The SMILES string of the molecule is C1CCOC1.COC(=O)c1ccc(OC)c(OC/C=C(\C)CCC=C(C)C)c1.COc1ccc(C(=O)O)cc1OC/C=C(\C)CCC=C(C)C. The van der Waals surface area contributed by atoms with Crippen LogP contribution >= 0.6 is 0 Å². The van der Waals surface area contributed by atoms with Gasteiger partial charge in [-0.25, -0.2) is 9.59 Å². The van der Waals surface area contributed by atoms with Crippen LogP contribution in [0.1, 0.15) is 101 Å². The largest absolute Gasteiger partial charge is 0.493 e. The topological polar surface area (TPSA) is 110 Å². The van der Waals surface area contributed by atoms with Crippen LogP contribution in [0.5, 0.6) is 23.0 Å². The summed E-state index contributed by atoms with van der Waals surface area (Å²) in [4.78, 5) is 22.6. The number of carbonyl (C=O) groups is 2. The summed E-state index contributed by atoms with van der Waals surface area (Å²) in [5.74, 6) is 0.709. The lowest BCUT2D eigenvalue weighted by molar-refractivity contribution is 0.0599. The number of methoxy groups -OCH3 is 3. The average molecular weight is 695 g/mol. The van der Waals surface area contributed by atoms with E-state index in [4.69, 9.17) is 33.5 Å². The molecule has 1 aliphatic rings. The minimum absolute atomic E-state index is 0.181. The fourth-order valence-electron chi connectivity index (χ4n) is 4.40. The molecule has 1 fully saturated rings. The van der Waals surface area contributed by atoms with Gasteiger partial charge in [0.05, 0.1) is 32.5 Å². The molecule has 0 spiro atoms. The molecule has 1 saturated heterocycles. The van der Waals surface area contributed by atoms with Crippen molar-refractivity contribution in [2.75, 3.05) is 47.8 Å². The molecule has 0 aromatic heterocycles. The molecular weight excluding hydrogens is 636 g/mol. The molecule has 1 aliphatic heterocycles. The smallest absolute Gasteiger partial charge is 0.337 e. The van der Waals surface area contributed by atoms with Crippen molar-refractivity contribution in [3.63, 3.8) is 0 Å². The zero-order valence-electron chi connectivity index (χ0n) is 31.6. The van der Waals surface area contributed by atoms with Crippen molar-refractivity contribution in [3.8, 4) is 23.0 Å². The van der Waals surface area contributed by atoms with Crippen LogP contribution in [0.2, 0.25) is 0 Å². The Balaban J connectivity index is 0.000000437. The summed E-state index contributed by atoms with van der Waals surface area (Å²) in [6.45, 7) is 15.3. The van der Waals surface area contributed by atoms with E-state index in [1.807, 2.05) is 12.2 Å². The van der Waals surface area contributed by atoms with Gasteiger partial charge in [0.1, 0.15) is 13.2 Å². The van der Waals surface area contributed by atoms with E-state index < -0.39 is 11.9 Å². The zero-order chi connectivity index (χ0) is 37.3. The van der Waals surface area contributed by atoms with Crippen molar-refractivity contribution in [2.45, 2.75) is 80.1 Å². The van der Waals surface area contributed by atoms with Crippen molar-refractivity contribution in [1.82, 2.24) is 0 Å². The average Bonchev–Trinajstić information content (AvgIpc) is 3.68. The van der Waals surface area contributed by atoms with E-state index in [9.17, 15) is 9.59 Å². The molecule has 9 nitrogen and oxygen atoms in total. The highest BCUT2D eigenvalue weighted by Gasteiger charge is 2.12. The molecule has 1 heterocycles. The van der Waals surface area contributed by atoms with Gasteiger partial charge in [-0.2, -0.15) is 0 Å². The molecule has 0 bridgehead atoms. The van der Waals surface area contributed by atoms with E-state index in [1.165, 1.54) is 61.5 Å². The minimum atomic E-state index is -0.985. The van der Waals surface area contributed by atoms with Gasteiger partial charge in [0.2, 0.25) is 0 Å². The number of hydrogen-bond donors (Lipinski definition) is 1. The molecule has 9 heteroatoms. The zero-order valence-corrected chi connectivity index (χ0v) is 31.6. The summed E-state index contributed by atoms with van der Waals surface area (Å²) in [5, 5.41) is 9.01. The molecule has 0 radical (unpaired) electrons. The van der Waals surface area contributed by atoms with Gasteiger partial charge in [-0.1, -0.05) is 34.4 Å². The standard InChI is InChI=1S/C19H26O4.C18H24O4.C4H8O/c1-14(2)7-6-8-15(3)11-12-23-18-13-16(19(20)22-5)9-10-17(18)21-4;1-13(2)6-5-7-14(3)10-11-22-17-12-15(18(19)20)8-9-16(17)21-4;1-2-4-5-3-1/h7,9-11,13H,6,8,12H2,1-5H3;6,8-10,12H,5,7,11H2,1-4H3,(H,19,20);1-4H2/b15-11+;14-10+;. The molecular formula is C41H58O9. The molecule has 276 valence electrons. The lowest BCUT2D eigenvalue weighted by Gasteiger charge is -2.11. The van der Waals surface area contributed by atoms with Crippen LogP contribution < -0.4 is 18.9 Å². The second-order valence-electron chi connectivity index (χ2n) is 12.2. The summed E-state index contributed by atoms with van der Waals surface area (Å²) in [5.41, 5.74) is 5.78. The third-order valence-electron chi connectivity index (χ3n) is 7.35. The Morgan fingerprint density at radius 2 is 1.10 bits per heavy atom. The molecule has 2 aromatic rings. The normalized spacial score (nSPS) is 12.3. The number of benzene rings is 2. The van der Waals surface area contributed by atoms with Gasteiger partial charge in [0.25, 0.3) is 0 Å². The van der Waals surface area contributed by atoms with Crippen LogP contribution in [-0.4, -0.2) is 64.8 Å². The predicted octanol–water partition coefficient (Wildman–Crippen LogP) is 9.81. The number of rotatable bonds is 16. The molecule has 3 rings (SSSR count). The second kappa shape index (κ2) is 25.5. The number of carboxylic acids is 1. The van der Waals surface area contributed by atoms with E-state index in [0.29, 0.717) is 41.8 Å². The van der Waals surface area contributed by atoms with E-state index in [2.05, 4.69) is 53.7 Å². The van der Waals surface area contributed by atoms with Crippen LogP contribution in [0.15, 0.2) is 83.0 Å². The molecule has 0 saturated carbocycles. The lowest BCUT2D eigenvalue weighted by Crippen LogP contribution is -2.03. The van der Waals surface area contributed by atoms with Gasteiger partial charge in [0, 0.05) is 13.2 Å². The molecule has 0 aliphatic carbocycles. The summed E-state index contributed by atoms with van der Waals surface area (Å²) in [6.07, 6.45) is 15.1. The Labute approximate surface area is 299 Å². The van der Waals surface area contributed by atoms with Crippen molar-refractivity contribution in [1.29, 1.82) is 0 Å². The monoisotopic (exact) mass is 694 g/mol. The number of carboxylic acid groups (broad SMARTS) is 1. The Morgan fingerprint density at radius 3 is 1.46 bits per heavy atom. The number of aromatic carboxylic acids is 1. The third-order valence-corrected chi connectivity index (χ3v) is 7.35. The van der Waals surface area contributed by atoms with Crippen LogP contribution in [-0.2, 0) is 9.47 Å². The Morgan fingerprint density at radius 1 is 0.660 bits per heavy atom. The van der Waals surface area contributed by atoms with Gasteiger partial charge < -0.3 is 33.5 Å². The number of carbonyl (C=O) groups excluding carboxylic acids is 1. The molecule has 2 aromatic carbocycles. The highest BCUT2D eigenvalue weighted by molar-refractivity contribution is 5.90. The third kappa shape index (κ3) is 18.9. The highest BCUT2D eigenvalue weighted by Crippen LogP contribution is 2.29. The van der Waals surface area contributed by atoms with Crippen LogP contribution in [0, 0.1) is 0 Å². The van der Waals surface area contributed by atoms with E-state index in [-0.39, 0.29) is 5.56 Å². The quantitative estimate of drug-likeness (QED) is 0.136. The van der Waals surface area contributed by atoms with Gasteiger partial charge in [-0.15, -0.1) is 0 Å². The Bertz CT molecular complexity index is 1430. The van der Waals surface area contributed by atoms with Gasteiger partial charge in [-0.05, 0) is 129 Å². The Kier molecular flexibility index (Phi) is 22.2. The van der Waals surface area contributed by atoms with Crippen molar-refractivity contribution >= 4 is 11.9 Å². The number of allylic oxidation sites excluding steroid dienone is 6. The fraction of sp³-hybridized carbons (Fsp3) is 0.463. The van der Waals surface area contributed by atoms with E-state index in [1.54, 1.807) is 31.4 Å². The highest BCUT2D eigenvalue weighted by atomic mass is 16.5. The maximum atomic E-state index is 11.6. The first-order valence-corrected chi connectivity index (χ1v) is 17.0. The van der Waals surface area contributed by atoms with Crippen LogP contribution in [0.25, 0.3) is 0 Å². The Hall–Kier alpha value is -4.50. The maximum absolute atomic E-state index is 11.6. The maximum Gasteiger partial charge on any atom is 0.337 e. The fourth-order valence-corrected chi connectivity index (χ4v) is 4.40. The summed E-state index contributed by atoms with van der Waals surface area (Å²) in [7, 11) is 4.45. The van der Waals surface area contributed by atoms with Gasteiger partial charge in [-0.3, -0.25) is 0 Å². The lowest BCUT2D eigenvalue weighted by atomic mass is 10.1. The van der Waals surface area contributed by atoms with Gasteiger partial charge in [0.15, 0.2) is 23.0 Å². The molecule has 0 amide bonds. The van der Waals surface area contributed by atoms with E-state index in [0.717, 1.165) is 38.9 Å².